The van der Waals surface area contributed by atoms with Gasteiger partial charge in [-0.3, -0.25) is 0 Å². The summed E-state index contributed by atoms with van der Waals surface area (Å²) in [6, 6.07) is 8.49. The standard InChI is InChI=1S/C17H23N3O/c1-13(2)21-17-16-14(7-9-19-17)5-3-6-15(16)20-11-4-8-18-10-12-20/h3,5-7,9,13,18H,4,8,10-12H2,1-2H3. The van der Waals surface area contributed by atoms with Crippen molar-refractivity contribution in [2.75, 3.05) is 31.1 Å². The summed E-state index contributed by atoms with van der Waals surface area (Å²) in [5, 5.41) is 5.78. The van der Waals surface area contributed by atoms with Crippen molar-refractivity contribution in [2.24, 2.45) is 0 Å². The molecule has 0 aliphatic carbocycles. The fourth-order valence-corrected chi connectivity index (χ4v) is 2.84. The summed E-state index contributed by atoms with van der Waals surface area (Å²) in [5.74, 6) is 0.746. The third-order valence-corrected chi connectivity index (χ3v) is 3.76. The third-order valence-electron chi connectivity index (χ3n) is 3.76. The summed E-state index contributed by atoms with van der Waals surface area (Å²) < 4.78 is 5.94. The molecule has 4 nitrogen and oxygen atoms in total. The van der Waals surface area contributed by atoms with Crippen molar-refractivity contribution in [2.45, 2.75) is 26.4 Å². The maximum Gasteiger partial charge on any atom is 0.223 e. The van der Waals surface area contributed by atoms with Crippen molar-refractivity contribution < 1.29 is 4.74 Å². The van der Waals surface area contributed by atoms with E-state index in [1.165, 1.54) is 11.1 Å². The van der Waals surface area contributed by atoms with Crippen LogP contribution in [0.3, 0.4) is 0 Å². The largest absolute Gasteiger partial charge is 0.474 e. The van der Waals surface area contributed by atoms with Crippen molar-refractivity contribution >= 4 is 16.5 Å². The number of aromatic nitrogens is 1. The van der Waals surface area contributed by atoms with Gasteiger partial charge < -0.3 is 15.0 Å². The van der Waals surface area contributed by atoms with E-state index in [0.29, 0.717) is 0 Å². The van der Waals surface area contributed by atoms with Crippen LogP contribution in [0.4, 0.5) is 5.69 Å². The van der Waals surface area contributed by atoms with Crippen LogP contribution in [0, 0.1) is 0 Å². The van der Waals surface area contributed by atoms with Crippen LogP contribution in [-0.4, -0.2) is 37.3 Å². The Morgan fingerprint density at radius 3 is 2.95 bits per heavy atom. The van der Waals surface area contributed by atoms with Gasteiger partial charge in [0.1, 0.15) is 0 Å². The minimum absolute atomic E-state index is 0.127. The molecule has 21 heavy (non-hydrogen) atoms. The Kier molecular flexibility index (Phi) is 4.25. The molecular formula is C17H23N3O. The molecule has 2 aromatic rings. The molecule has 1 aromatic carbocycles. The van der Waals surface area contributed by atoms with E-state index >= 15 is 0 Å². The molecule has 3 rings (SSSR count). The molecule has 0 radical (unpaired) electrons. The van der Waals surface area contributed by atoms with Gasteiger partial charge in [-0.05, 0) is 44.3 Å². The number of hydrogen-bond donors (Lipinski definition) is 1. The summed E-state index contributed by atoms with van der Waals surface area (Å²) in [4.78, 5) is 6.90. The maximum absolute atomic E-state index is 5.94. The first kappa shape index (κ1) is 14.1. The fourth-order valence-electron chi connectivity index (χ4n) is 2.84. The highest BCUT2D eigenvalue weighted by Crippen LogP contribution is 2.33. The summed E-state index contributed by atoms with van der Waals surface area (Å²) in [6.07, 6.45) is 3.12. The zero-order valence-electron chi connectivity index (χ0n) is 12.8. The molecule has 1 aliphatic heterocycles. The van der Waals surface area contributed by atoms with E-state index in [9.17, 15) is 0 Å². The number of anilines is 1. The molecule has 1 N–H and O–H groups in total. The second-order valence-electron chi connectivity index (χ2n) is 5.75. The Balaban J connectivity index is 2.08. The van der Waals surface area contributed by atoms with Crippen LogP contribution in [0.1, 0.15) is 20.3 Å². The highest BCUT2D eigenvalue weighted by atomic mass is 16.5. The van der Waals surface area contributed by atoms with Crippen molar-refractivity contribution in [3.8, 4) is 5.88 Å². The Labute approximate surface area is 126 Å². The third kappa shape index (κ3) is 3.10. The quantitative estimate of drug-likeness (QED) is 0.941. The van der Waals surface area contributed by atoms with Crippen molar-refractivity contribution in [1.29, 1.82) is 0 Å². The van der Waals surface area contributed by atoms with Crippen LogP contribution >= 0.6 is 0 Å². The minimum Gasteiger partial charge on any atom is -0.474 e. The lowest BCUT2D eigenvalue weighted by molar-refractivity contribution is 0.236. The average molecular weight is 285 g/mol. The molecule has 0 atom stereocenters. The first-order chi connectivity index (χ1) is 10.3. The van der Waals surface area contributed by atoms with E-state index in [1.807, 2.05) is 20.0 Å². The van der Waals surface area contributed by atoms with E-state index in [-0.39, 0.29) is 6.10 Å². The Morgan fingerprint density at radius 1 is 1.19 bits per heavy atom. The van der Waals surface area contributed by atoms with E-state index in [0.717, 1.165) is 43.9 Å². The molecule has 112 valence electrons. The number of pyridine rings is 1. The van der Waals surface area contributed by atoms with Gasteiger partial charge >= 0.3 is 0 Å². The smallest absolute Gasteiger partial charge is 0.223 e. The predicted octanol–water partition coefficient (Wildman–Crippen LogP) is 2.82. The van der Waals surface area contributed by atoms with Crippen LogP contribution in [-0.2, 0) is 0 Å². The van der Waals surface area contributed by atoms with Gasteiger partial charge in [0.15, 0.2) is 0 Å². The number of rotatable bonds is 3. The number of fused-ring (bicyclic) bond motifs is 1. The molecule has 0 spiro atoms. The topological polar surface area (TPSA) is 37.4 Å². The summed E-state index contributed by atoms with van der Waals surface area (Å²) in [5.41, 5.74) is 1.24. The first-order valence-electron chi connectivity index (χ1n) is 7.76. The second kappa shape index (κ2) is 6.31. The monoisotopic (exact) mass is 285 g/mol. The Morgan fingerprint density at radius 2 is 2.10 bits per heavy atom. The van der Waals surface area contributed by atoms with Crippen molar-refractivity contribution in [3.05, 3.63) is 30.5 Å². The van der Waals surface area contributed by atoms with Gasteiger partial charge in [0, 0.05) is 25.8 Å². The highest BCUT2D eigenvalue weighted by Gasteiger charge is 2.16. The molecule has 1 saturated heterocycles. The minimum atomic E-state index is 0.127. The summed E-state index contributed by atoms with van der Waals surface area (Å²) >= 11 is 0. The number of hydrogen-bond acceptors (Lipinski definition) is 4. The SMILES string of the molecule is CC(C)Oc1nccc2cccc(N3CCCNCC3)c12. The molecule has 1 aliphatic rings. The van der Waals surface area contributed by atoms with Crippen molar-refractivity contribution in [3.63, 3.8) is 0 Å². The Hall–Kier alpha value is -1.81. The number of nitrogens with one attached hydrogen (secondary N) is 1. The molecule has 1 fully saturated rings. The fraction of sp³-hybridized carbons (Fsp3) is 0.471. The molecule has 0 amide bonds. The number of nitrogens with zero attached hydrogens (tertiary/aromatic N) is 2. The van der Waals surface area contributed by atoms with Gasteiger partial charge in [0.2, 0.25) is 5.88 Å². The molecular weight excluding hydrogens is 262 g/mol. The Bertz CT molecular complexity index is 599. The predicted molar refractivity (Wildman–Crippen MR) is 87.2 cm³/mol. The van der Waals surface area contributed by atoms with E-state index in [1.54, 1.807) is 0 Å². The van der Waals surface area contributed by atoms with Crippen LogP contribution in [0.15, 0.2) is 30.5 Å². The van der Waals surface area contributed by atoms with Crippen molar-refractivity contribution in [1.82, 2.24) is 10.3 Å². The average Bonchev–Trinajstić information content (AvgIpc) is 2.75. The van der Waals surface area contributed by atoms with Gasteiger partial charge in [-0.1, -0.05) is 12.1 Å². The van der Waals surface area contributed by atoms with E-state index in [4.69, 9.17) is 4.74 Å². The number of benzene rings is 1. The number of ether oxygens (including phenoxy) is 1. The molecule has 0 unspecified atom stereocenters. The molecule has 4 heteroatoms. The zero-order valence-corrected chi connectivity index (χ0v) is 12.8. The van der Waals surface area contributed by atoms with E-state index in [2.05, 4.69) is 39.5 Å². The van der Waals surface area contributed by atoms with Crippen LogP contribution in [0.5, 0.6) is 5.88 Å². The normalized spacial score (nSPS) is 16.2. The molecule has 2 heterocycles. The van der Waals surface area contributed by atoms with E-state index < -0.39 is 0 Å². The zero-order chi connectivity index (χ0) is 14.7. The van der Waals surface area contributed by atoms with Crippen LogP contribution in [0.2, 0.25) is 0 Å². The van der Waals surface area contributed by atoms with Gasteiger partial charge in [-0.2, -0.15) is 0 Å². The summed E-state index contributed by atoms with van der Waals surface area (Å²) in [7, 11) is 0. The molecule has 0 saturated carbocycles. The lowest BCUT2D eigenvalue weighted by Gasteiger charge is -2.25. The summed E-state index contributed by atoms with van der Waals surface area (Å²) in [6.45, 7) is 8.29. The van der Waals surface area contributed by atoms with Crippen LogP contribution < -0.4 is 15.0 Å². The van der Waals surface area contributed by atoms with Gasteiger partial charge in [-0.25, -0.2) is 4.98 Å². The van der Waals surface area contributed by atoms with Crippen LogP contribution in [0.25, 0.3) is 10.8 Å². The van der Waals surface area contributed by atoms with Gasteiger partial charge in [0.05, 0.1) is 17.2 Å². The lowest BCUT2D eigenvalue weighted by Crippen LogP contribution is -2.28. The molecule has 1 aromatic heterocycles. The maximum atomic E-state index is 5.94. The van der Waals surface area contributed by atoms with Gasteiger partial charge in [-0.15, -0.1) is 0 Å². The molecule has 0 bridgehead atoms. The lowest BCUT2D eigenvalue weighted by atomic mass is 10.1. The van der Waals surface area contributed by atoms with Gasteiger partial charge in [0.25, 0.3) is 0 Å². The first-order valence-corrected chi connectivity index (χ1v) is 7.76. The highest BCUT2D eigenvalue weighted by molar-refractivity contribution is 5.98. The second-order valence-corrected chi connectivity index (χ2v) is 5.75.